The topological polar surface area (TPSA) is 32.3 Å². The number of hydrogen-bond acceptors (Lipinski definition) is 2. The van der Waals surface area contributed by atoms with Crippen molar-refractivity contribution in [3.63, 3.8) is 0 Å². The second kappa shape index (κ2) is 4.70. The van der Waals surface area contributed by atoms with Crippen molar-refractivity contribution in [3.8, 4) is 0 Å². The summed E-state index contributed by atoms with van der Waals surface area (Å²) in [5.74, 6) is -0.301. The van der Waals surface area contributed by atoms with Crippen molar-refractivity contribution in [1.82, 2.24) is 5.32 Å². The van der Waals surface area contributed by atoms with Crippen molar-refractivity contribution in [3.05, 3.63) is 35.6 Å². The summed E-state index contributed by atoms with van der Waals surface area (Å²) in [6.45, 7) is 4.17. The molecule has 90 valence electrons. The monoisotopic (exact) mass is 245 g/mol. The summed E-state index contributed by atoms with van der Waals surface area (Å²) in [6, 6.07) is 6.19. The molecule has 0 saturated carbocycles. The van der Waals surface area contributed by atoms with E-state index in [4.69, 9.17) is 0 Å². The minimum Gasteiger partial charge on any atom is -0.387 e. The predicted octanol–water partition coefficient (Wildman–Crippen LogP) is 2.42. The maximum absolute atomic E-state index is 12.9. The molecule has 0 spiro atoms. The summed E-state index contributed by atoms with van der Waals surface area (Å²) >= 11 is 0. The van der Waals surface area contributed by atoms with Crippen LogP contribution in [0.15, 0.2) is 24.3 Å². The standard InChI is InChI=1S/C12H16FNO.ClH/c1-12(2)7-10(14-12)11(15)8-4-3-5-9(13)6-8;/h3-6,10-11,14-15H,7H2,1-2H3;1H/t10-,11+;/m0./s1. The molecule has 0 radical (unpaired) electrons. The molecule has 0 aliphatic carbocycles. The second-order valence-electron chi connectivity index (χ2n) is 4.84. The zero-order chi connectivity index (χ0) is 11.1. The Labute approximate surface area is 101 Å². The molecule has 1 aromatic rings. The van der Waals surface area contributed by atoms with Gasteiger partial charge in [0.15, 0.2) is 0 Å². The van der Waals surface area contributed by atoms with E-state index in [1.165, 1.54) is 12.1 Å². The normalized spacial score (nSPS) is 24.1. The van der Waals surface area contributed by atoms with Crippen molar-refractivity contribution >= 4 is 12.4 Å². The summed E-state index contributed by atoms with van der Waals surface area (Å²) in [5.41, 5.74) is 0.738. The molecule has 0 bridgehead atoms. The second-order valence-corrected chi connectivity index (χ2v) is 4.84. The highest BCUT2D eigenvalue weighted by atomic mass is 35.5. The van der Waals surface area contributed by atoms with Gasteiger partial charge in [-0.25, -0.2) is 4.39 Å². The molecule has 0 aromatic heterocycles. The van der Waals surface area contributed by atoms with Gasteiger partial charge in [0.2, 0.25) is 0 Å². The van der Waals surface area contributed by atoms with E-state index in [1.807, 2.05) is 0 Å². The lowest BCUT2D eigenvalue weighted by Gasteiger charge is -2.46. The third-order valence-electron chi connectivity index (χ3n) is 2.88. The Balaban J connectivity index is 0.00000128. The molecular weight excluding hydrogens is 229 g/mol. The van der Waals surface area contributed by atoms with Gasteiger partial charge in [0.25, 0.3) is 0 Å². The van der Waals surface area contributed by atoms with Crippen LogP contribution < -0.4 is 5.32 Å². The summed E-state index contributed by atoms with van der Waals surface area (Å²) in [5, 5.41) is 13.2. The molecule has 1 aliphatic rings. The van der Waals surface area contributed by atoms with Crippen molar-refractivity contribution in [2.75, 3.05) is 0 Å². The molecule has 2 atom stereocenters. The number of aliphatic hydroxyl groups excluding tert-OH is 1. The van der Waals surface area contributed by atoms with Crippen LogP contribution in [0.1, 0.15) is 31.9 Å². The van der Waals surface area contributed by atoms with E-state index < -0.39 is 6.10 Å². The Hall–Kier alpha value is -0.640. The van der Waals surface area contributed by atoms with Gasteiger partial charge in [-0.2, -0.15) is 0 Å². The Morgan fingerprint density at radius 1 is 1.50 bits per heavy atom. The van der Waals surface area contributed by atoms with Gasteiger partial charge >= 0.3 is 0 Å². The summed E-state index contributed by atoms with van der Waals surface area (Å²) in [6.07, 6.45) is 0.290. The number of halogens is 2. The van der Waals surface area contributed by atoms with Gasteiger partial charge in [0.1, 0.15) is 5.82 Å². The van der Waals surface area contributed by atoms with Crippen LogP contribution in [0.5, 0.6) is 0 Å². The van der Waals surface area contributed by atoms with E-state index in [2.05, 4.69) is 19.2 Å². The van der Waals surface area contributed by atoms with Crippen molar-refractivity contribution in [2.45, 2.75) is 38.0 Å². The highest BCUT2D eigenvalue weighted by molar-refractivity contribution is 5.85. The zero-order valence-electron chi connectivity index (χ0n) is 9.40. The molecule has 2 N–H and O–H groups in total. The van der Waals surface area contributed by atoms with Gasteiger partial charge < -0.3 is 10.4 Å². The summed E-state index contributed by atoms with van der Waals surface area (Å²) in [4.78, 5) is 0. The first kappa shape index (κ1) is 13.4. The van der Waals surface area contributed by atoms with Crippen molar-refractivity contribution in [2.24, 2.45) is 0 Å². The van der Waals surface area contributed by atoms with Crippen LogP contribution in [0.3, 0.4) is 0 Å². The molecule has 2 rings (SSSR count). The predicted molar refractivity (Wildman–Crippen MR) is 64.2 cm³/mol. The van der Waals surface area contributed by atoms with Crippen LogP contribution in [-0.4, -0.2) is 16.7 Å². The molecule has 4 heteroatoms. The van der Waals surface area contributed by atoms with E-state index >= 15 is 0 Å². The average Bonchev–Trinajstić information content (AvgIpc) is 2.13. The van der Waals surface area contributed by atoms with Crippen molar-refractivity contribution < 1.29 is 9.50 Å². The minimum absolute atomic E-state index is 0. The molecule has 0 amide bonds. The fourth-order valence-corrected chi connectivity index (χ4v) is 2.14. The Morgan fingerprint density at radius 3 is 2.62 bits per heavy atom. The zero-order valence-corrected chi connectivity index (χ0v) is 10.2. The lowest BCUT2D eigenvalue weighted by atomic mass is 9.80. The van der Waals surface area contributed by atoms with Crippen LogP contribution in [-0.2, 0) is 0 Å². The minimum atomic E-state index is -0.617. The first-order valence-corrected chi connectivity index (χ1v) is 5.19. The quantitative estimate of drug-likeness (QED) is 0.839. The third-order valence-corrected chi connectivity index (χ3v) is 2.88. The van der Waals surface area contributed by atoms with Crippen LogP contribution in [0.4, 0.5) is 4.39 Å². The van der Waals surface area contributed by atoms with E-state index in [0.717, 1.165) is 6.42 Å². The lowest BCUT2D eigenvalue weighted by molar-refractivity contribution is 0.0388. The largest absolute Gasteiger partial charge is 0.387 e. The molecular formula is C12H17ClFNO. The first-order chi connectivity index (χ1) is 6.98. The Bertz CT molecular complexity index is 362. The molecule has 0 unspecified atom stereocenters. The van der Waals surface area contributed by atoms with E-state index in [9.17, 15) is 9.50 Å². The maximum atomic E-state index is 12.9. The van der Waals surface area contributed by atoms with Gasteiger partial charge in [-0.15, -0.1) is 12.4 Å². The summed E-state index contributed by atoms with van der Waals surface area (Å²) in [7, 11) is 0. The molecule has 1 fully saturated rings. The SMILES string of the molecule is CC1(C)C[C@@H]([C@H](O)c2cccc(F)c2)N1.Cl. The Morgan fingerprint density at radius 2 is 2.12 bits per heavy atom. The number of hydrogen-bond donors (Lipinski definition) is 2. The van der Waals surface area contributed by atoms with Gasteiger partial charge in [0, 0.05) is 11.6 Å². The van der Waals surface area contributed by atoms with Gasteiger partial charge in [-0.05, 0) is 38.0 Å². The Kier molecular flexibility index (Phi) is 3.94. The molecule has 1 heterocycles. The fraction of sp³-hybridized carbons (Fsp3) is 0.500. The molecule has 16 heavy (non-hydrogen) atoms. The number of nitrogens with one attached hydrogen (secondary N) is 1. The van der Waals surface area contributed by atoms with Gasteiger partial charge in [-0.1, -0.05) is 12.1 Å². The summed E-state index contributed by atoms with van der Waals surface area (Å²) < 4.78 is 12.9. The van der Waals surface area contributed by atoms with Gasteiger partial charge in [0.05, 0.1) is 6.10 Å². The highest BCUT2D eigenvalue weighted by Gasteiger charge is 2.39. The first-order valence-electron chi connectivity index (χ1n) is 5.19. The van der Waals surface area contributed by atoms with Gasteiger partial charge in [-0.3, -0.25) is 0 Å². The number of rotatable bonds is 2. The molecule has 1 aliphatic heterocycles. The number of aliphatic hydroxyl groups is 1. The van der Waals surface area contributed by atoms with Crippen LogP contribution in [0.25, 0.3) is 0 Å². The van der Waals surface area contributed by atoms with E-state index in [0.29, 0.717) is 5.56 Å². The fourth-order valence-electron chi connectivity index (χ4n) is 2.14. The van der Waals surface area contributed by atoms with E-state index in [-0.39, 0.29) is 29.8 Å². The molecule has 1 saturated heterocycles. The highest BCUT2D eigenvalue weighted by Crippen LogP contribution is 2.32. The van der Waals surface area contributed by atoms with E-state index in [1.54, 1.807) is 12.1 Å². The maximum Gasteiger partial charge on any atom is 0.123 e. The van der Waals surface area contributed by atoms with Crippen LogP contribution >= 0.6 is 12.4 Å². The van der Waals surface area contributed by atoms with Crippen LogP contribution in [0, 0.1) is 5.82 Å². The lowest BCUT2D eigenvalue weighted by Crippen LogP contribution is -2.61. The number of benzene rings is 1. The van der Waals surface area contributed by atoms with Crippen LogP contribution in [0.2, 0.25) is 0 Å². The molecule has 2 nitrogen and oxygen atoms in total. The van der Waals surface area contributed by atoms with Crippen molar-refractivity contribution in [1.29, 1.82) is 0 Å². The smallest absolute Gasteiger partial charge is 0.123 e. The average molecular weight is 246 g/mol. The molecule has 1 aromatic carbocycles. The third kappa shape index (κ3) is 2.73.